The molecule has 0 saturated carbocycles. The van der Waals surface area contributed by atoms with Crippen LogP contribution in [0, 0.1) is 12.3 Å². The maximum absolute atomic E-state index is 12.1. The Labute approximate surface area is 122 Å². The number of ether oxygens (including phenoxy) is 1. The van der Waals surface area contributed by atoms with Crippen LogP contribution in [0.1, 0.15) is 23.0 Å². The highest BCUT2D eigenvalue weighted by Gasteiger charge is 2.21. The summed E-state index contributed by atoms with van der Waals surface area (Å²) in [6.45, 7) is 4.72. The minimum Gasteiger partial charge on any atom is -0.382 e. The number of nitrogens with zero attached hydrogens (tertiary/aromatic N) is 2. The van der Waals surface area contributed by atoms with Crippen molar-refractivity contribution in [3.63, 3.8) is 0 Å². The fraction of sp³-hybridized carbons (Fsp3) is 0.538. The summed E-state index contributed by atoms with van der Waals surface area (Å²) in [5, 5.41) is 3.58. The Hall–Kier alpha value is -1.78. The van der Waals surface area contributed by atoms with Crippen LogP contribution in [0.3, 0.4) is 0 Å². The molecule has 0 aliphatic carbocycles. The molecule has 1 aromatic heterocycles. The normalized spacial score (nSPS) is 16.5. The maximum Gasteiger partial charge on any atom is 0.265 e. The number of hydrogen-bond donors (Lipinski definition) is 2. The van der Waals surface area contributed by atoms with Crippen LogP contribution in [-0.2, 0) is 4.74 Å². The highest BCUT2D eigenvalue weighted by atomic mass is 32.1. The van der Waals surface area contributed by atoms with Gasteiger partial charge in [-0.25, -0.2) is 4.98 Å². The fourth-order valence-corrected chi connectivity index (χ4v) is 2.83. The lowest BCUT2D eigenvalue weighted by Crippen LogP contribution is -2.36. The molecule has 108 valence electrons. The molecule has 0 bridgehead atoms. The van der Waals surface area contributed by atoms with E-state index in [1.54, 1.807) is 0 Å². The molecule has 1 atom stereocenters. The summed E-state index contributed by atoms with van der Waals surface area (Å²) in [5.74, 6) is 2.56. The number of terminal acetylenes is 1. The first-order valence-electron chi connectivity index (χ1n) is 6.45. The van der Waals surface area contributed by atoms with Crippen LogP contribution >= 0.6 is 11.3 Å². The Morgan fingerprint density at radius 2 is 2.35 bits per heavy atom. The molecule has 2 heterocycles. The van der Waals surface area contributed by atoms with Crippen molar-refractivity contribution in [3.05, 3.63) is 4.88 Å². The molecule has 0 radical (unpaired) electrons. The summed E-state index contributed by atoms with van der Waals surface area (Å²) in [5.41, 5.74) is 5.84. The van der Waals surface area contributed by atoms with Gasteiger partial charge in [0.25, 0.3) is 5.91 Å². The number of aromatic nitrogens is 1. The summed E-state index contributed by atoms with van der Waals surface area (Å²) in [6, 6.07) is -0.0826. The van der Waals surface area contributed by atoms with E-state index in [1.165, 1.54) is 11.3 Å². The Bertz CT molecular complexity index is 517. The number of nitrogens with one attached hydrogen (secondary N) is 1. The van der Waals surface area contributed by atoms with Crippen LogP contribution < -0.4 is 16.0 Å². The predicted octanol–water partition coefficient (Wildman–Crippen LogP) is 0.704. The van der Waals surface area contributed by atoms with Crippen LogP contribution in [0.2, 0.25) is 0 Å². The molecule has 1 aromatic rings. The van der Waals surface area contributed by atoms with Crippen LogP contribution in [0.25, 0.3) is 0 Å². The third-order valence-corrected chi connectivity index (χ3v) is 4.06. The summed E-state index contributed by atoms with van der Waals surface area (Å²) in [7, 11) is 0. The molecule has 1 unspecified atom stereocenters. The molecule has 1 aliphatic heterocycles. The van der Waals surface area contributed by atoms with Gasteiger partial charge < -0.3 is 20.7 Å². The van der Waals surface area contributed by atoms with Crippen LogP contribution in [0.4, 0.5) is 10.9 Å². The number of rotatable bonds is 4. The largest absolute Gasteiger partial charge is 0.382 e. The molecule has 6 nitrogen and oxygen atoms in total. The van der Waals surface area contributed by atoms with E-state index in [1.807, 2.05) is 6.92 Å². The molecular weight excluding hydrogens is 276 g/mol. The Balaban J connectivity index is 2.06. The maximum atomic E-state index is 12.1. The number of thiazole rings is 1. The van der Waals surface area contributed by atoms with E-state index in [9.17, 15) is 4.79 Å². The van der Waals surface area contributed by atoms with Gasteiger partial charge in [0, 0.05) is 25.6 Å². The van der Waals surface area contributed by atoms with Gasteiger partial charge in [0.1, 0.15) is 10.7 Å². The molecule has 0 spiro atoms. The van der Waals surface area contributed by atoms with Crippen molar-refractivity contribution in [1.29, 1.82) is 0 Å². The molecular formula is C13H18N4O2S. The van der Waals surface area contributed by atoms with Gasteiger partial charge in [-0.1, -0.05) is 11.3 Å². The lowest BCUT2D eigenvalue weighted by Gasteiger charge is -2.25. The minimum absolute atomic E-state index is 0.0826. The smallest absolute Gasteiger partial charge is 0.265 e. The second-order valence-electron chi connectivity index (χ2n) is 4.59. The fourth-order valence-electron chi connectivity index (χ4n) is 1.89. The number of hydrogen-bond acceptors (Lipinski definition) is 6. The third kappa shape index (κ3) is 3.40. The molecule has 1 fully saturated rings. The monoisotopic (exact) mass is 294 g/mol. The van der Waals surface area contributed by atoms with Crippen molar-refractivity contribution in [2.24, 2.45) is 0 Å². The minimum atomic E-state index is -0.220. The van der Waals surface area contributed by atoms with Gasteiger partial charge in [0.2, 0.25) is 0 Å². The molecule has 1 amide bonds. The van der Waals surface area contributed by atoms with Crippen LogP contribution in [0.5, 0.6) is 0 Å². The standard InChI is InChI=1S/C13H18N4O2S/c1-3-4-9(2)15-12(18)10-11(14)16-13(20-10)17-5-7-19-8-6-17/h1,9H,4-8,14H2,2H3,(H,15,18). The van der Waals surface area contributed by atoms with E-state index in [4.69, 9.17) is 16.9 Å². The van der Waals surface area contributed by atoms with Gasteiger partial charge in [0.15, 0.2) is 5.13 Å². The van der Waals surface area contributed by atoms with Gasteiger partial charge in [-0.05, 0) is 6.92 Å². The van der Waals surface area contributed by atoms with Gasteiger partial charge in [0.05, 0.1) is 13.2 Å². The van der Waals surface area contributed by atoms with Gasteiger partial charge in [-0.3, -0.25) is 4.79 Å². The van der Waals surface area contributed by atoms with E-state index >= 15 is 0 Å². The zero-order chi connectivity index (χ0) is 14.5. The van der Waals surface area contributed by atoms with Crippen molar-refractivity contribution < 1.29 is 9.53 Å². The van der Waals surface area contributed by atoms with Crippen molar-refractivity contribution in [3.8, 4) is 12.3 Å². The van der Waals surface area contributed by atoms with Crippen LogP contribution in [0.15, 0.2) is 0 Å². The van der Waals surface area contributed by atoms with E-state index < -0.39 is 0 Å². The Kier molecular flexibility index (Phi) is 4.82. The highest BCUT2D eigenvalue weighted by molar-refractivity contribution is 7.18. The lowest BCUT2D eigenvalue weighted by molar-refractivity contribution is 0.0945. The highest BCUT2D eigenvalue weighted by Crippen LogP contribution is 2.28. The van der Waals surface area contributed by atoms with Gasteiger partial charge in [-0.2, -0.15) is 0 Å². The first kappa shape index (κ1) is 14.6. The summed E-state index contributed by atoms with van der Waals surface area (Å²) in [4.78, 5) is 18.9. The Morgan fingerprint density at radius 3 is 3.00 bits per heavy atom. The summed E-state index contributed by atoms with van der Waals surface area (Å²) < 4.78 is 5.29. The molecule has 1 saturated heterocycles. The van der Waals surface area contributed by atoms with E-state index in [0.29, 0.717) is 24.5 Å². The second-order valence-corrected chi connectivity index (χ2v) is 5.57. The number of morpholine rings is 1. The summed E-state index contributed by atoms with van der Waals surface area (Å²) >= 11 is 1.30. The molecule has 20 heavy (non-hydrogen) atoms. The predicted molar refractivity (Wildman–Crippen MR) is 79.9 cm³/mol. The lowest BCUT2D eigenvalue weighted by atomic mass is 10.2. The first-order valence-corrected chi connectivity index (χ1v) is 7.26. The van der Waals surface area contributed by atoms with Crippen molar-refractivity contribution in [2.75, 3.05) is 36.9 Å². The number of anilines is 2. The number of nitrogens with two attached hydrogens (primary N) is 1. The molecule has 2 rings (SSSR count). The molecule has 1 aliphatic rings. The van der Waals surface area contributed by atoms with Crippen molar-refractivity contribution in [1.82, 2.24) is 10.3 Å². The molecule has 0 aromatic carbocycles. The zero-order valence-corrected chi connectivity index (χ0v) is 12.2. The van der Waals surface area contributed by atoms with Gasteiger partial charge >= 0.3 is 0 Å². The van der Waals surface area contributed by atoms with Crippen molar-refractivity contribution >= 4 is 28.2 Å². The first-order chi connectivity index (χ1) is 9.61. The SMILES string of the molecule is C#CCC(C)NC(=O)c1sc(N2CCOCC2)nc1N. The topological polar surface area (TPSA) is 80.5 Å². The number of carbonyl (C=O) groups is 1. The Morgan fingerprint density at radius 1 is 1.65 bits per heavy atom. The van der Waals surface area contributed by atoms with E-state index in [0.717, 1.165) is 18.2 Å². The van der Waals surface area contributed by atoms with Crippen molar-refractivity contribution in [2.45, 2.75) is 19.4 Å². The van der Waals surface area contributed by atoms with Gasteiger partial charge in [-0.15, -0.1) is 12.3 Å². The number of nitrogen functional groups attached to an aromatic ring is 1. The zero-order valence-electron chi connectivity index (χ0n) is 11.4. The summed E-state index contributed by atoms with van der Waals surface area (Å²) in [6.07, 6.45) is 5.71. The third-order valence-electron chi connectivity index (χ3n) is 2.93. The van der Waals surface area contributed by atoms with Crippen LogP contribution in [-0.4, -0.2) is 43.2 Å². The van der Waals surface area contributed by atoms with E-state index in [-0.39, 0.29) is 17.8 Å². The molecule has 3 N–H and O–H groups in total. The quantitative estimate of drug-likeness (QED) is 0.799. The van der Waals surface area contributed by atoms with E-state index in [2.05, 4.69) is 21.1 Å². The number of amides is 1. The average molecular weight is 294 g/mol. The average Bonchev–Trinajstić information content (AvgIpc) is 2.82. The second kappa shape index (κ2) is 6.59. The number of carbonyl (C=O) groups excluding carboxylic acids is 1. The molecule has 7 heteroatoms.